The van der Waals surface area contributed by atoms with Gasteiger partial charge in [-0.3, -0.25) is 19.3 Å². The Labute approximate surface area is 162 Å². The molecular formula is C17H27BrN4O4. The zero-order chi connectivity index (χ0) is 19.6. The molecule has 3 amide bonds. The number of halogens is 1. The van der Waals surface area contributed by atoms with Gasteiger partial charge in [0.25, 0.3) is 5.91 Å². The van der Waals surface area contributed by atoms with E-state index in [1.807, 2.05) is 13.8 Å². The molecule has 0 radical (unpaired) electrons. The molecule has 0 aromatic carbocycles. The number of hydrogen-bond acceptors (Lipinski definition) is 6. The Morgan fingerprint density at radius 1 is 1.38 bits per heavy atom. The Hall–Kier alpha value is -1.48. The molecule has 0 aliphatic carbocycles. The molecular weight excluding hydrogens is 404 g/mol. The maximum Gasteiger partial charge on any atom is 0.328 e. The average molecular weight is 431 g/mol. The maximum atomic E-state index is 13.0. The van der Waals surface area contributed by atoms with Crippen molar-refractivity contribution in [3.63, 3.8) is 0 Å². The lowest BCUT2D eigenvalue weighted by Crippen LogP contribution is -2.70. The van der Waals surface area contributed by atoms with Gasteiger partial charge in [0, 0.05) is 19.5 Å². The largest absolute Gasteiger partial charge is 0.328 e. The van der Waals surface area contributed by atoms with Crippen LogP contribution in [-0.4, -0.2) is 69.2 Å². The number of rotatable bonds is 8. The number of carbonyl (C=O) groups is 3. The molecule has 0 bridgehead atoms. The first-order valence-electron chi connectivity index (χ1n) is 8.92. The molecule has 3 atom stereocenters. The molecule has 8 nitrogen and oxygen atoms in total. The first-order valence-corrected chi connectivity index (χ1v) is 9.71. The third-order valence-corrected chi connectivity index (χ3v) is 5.71. The number of nitrogens with zero attached hydrogens (tertiary/aromatic N) is 4. The highest BCUT2D eigenvalue weighted by Gasteiger charge is 2.60. The summed E-state index contributed by atoms with van der Waals surface area (Å²) in [6.45, 7) is 7.75. The minimum Gasteiger partial charge on any atom is -0.300 e. The number of unbranched alkanes of at least 4 members (excludes halogenated alkanes) is 1. The van der Waals surface area contributed by atoms with Crippen LogP contribution in [0.2, 0.25) is 0 Å². The van der Waals surface area contributed by atoms with Crippen molar-refractivity contribution < 1.29 is 19.2 Å². The Morgan fingerprint density at radius 3 is 2.62 bits per heavy atom. The molecule has 146 valence electrons. The highest BCUT2D eigenvalue weighted by Crippen LogP contribution is 2.38. The van der Waals surface area contributed by atoms with Crippen molar-refractivity contribution in [3.8, 4) is 0 Å². The van der Waals surface area contributed by atoms with Crippen LogP contribution in [0.15, 0.2) is 4.99 Å². The number of likely N-dealkylation sites (N-methyl/N-ethyl adjacent to an activating group) is 1. The van der Waals surface area contributed by atoms with E-state index in [9.17, 15) is 14.4 Å². The van der Waals surface area contributed by atoms with Crippen molar-refractivity contribution in [2.45, 2.75) is 58.7 Å². The molecule has 2 aliphatic rings. The molecule has 0 saturated carbocycles. The Balaban J connectivity index is 2.10. The number of aliphatic imine (C=N–C) groups is 1. The molecule has 2 aliphatic heterocycles. The Morgan fingerprint density at radius 2 is 2.04 bits per heavy atom. The number of fused-ring (bicyclic) bond motifs is 1. The van der Waals surface area contributed by atoms with Crippen LogP contribution in [0.25, 0.3) is 0 Å². The van der Waals surface area contributed by atoms with Crippen molar-refractivity contribution in [2.24, 2.45) is 10.9 Å². The molecule has 1 fully saturated rings. The number of amidine groups is 1. The van der Waals surface area contributed by atoms with Gasteiger partial charge in [0.1, 0.15) is 5.78 Å². The number of carbonyl (C=O) groups excluding carboxylic acids is 3. The molecule has 1 saturated heterocycles. The number of amides is 3. The lowest BCUT2D eigenvalue weighted by Gasteiger charge is -2.46. The van der Waals surface area contributed by atoms with E-state index >= 15 is 0 Å². The number of urea groups is 1. The normalized spacial score (nSPS) is 26.9. The van der Waals surface area contributed by atoms with Crippen molar-refractivity contribution in [1.82, 2.24) is 14.9 Å². The summed E-state index contributed by atoms with van der Waals surface area (Å²) in [5, 5.41) is 1.44. The molecule has 9 heteroatoms. The smallest absolute Gasteiger partial charge is 0.300 e. The third kappa shape index (κ3) is 3.64. The Kier molecular flexibility index (Phi) is 6.44. The van der Waals surface area contributed by atoms with E-state index in [-0.39, 0.29) is 23.6 Å². The topological polar surface area (TPSA) is 82.5 Å². The molecule has 0 spiro atoms. The van der Waals surface area contributed by atoms with E-state index in [0.717, 1.165) is 12.8 Å². The second kappa shape index (κ2) is 8.04. The first kappa shape index (κ1) is 20.8. The van der Waals surface area contributed by atoms with Crippen molar-refractivity contribution >= 4 is 38.4 Å². The van der Waals surface area contributed by atoms with Crippen molar-refractivity contribution in [2.75, 3.05) is 20.2 Å². The summed E-state index contributed by atoms with van der Waals surface area (Å²) in [5.41, 5.74) is -1.01. The summed E-state index contributed by atoms with van der Waals surface area (Å²) >= 11 is 3.33. The van der Waals surface area contributed by atoms with Crippen LogP contribution < -0.4 is 0 Å². The molecule has 26 heavy (non-hydrogen) atoms. The predicted octanol–water partition coefficient (Wildman–Crippen LogP) is 2.38. The molecule has 0 aromatic heterocycles. The monoisotopic (exact) mass is 430 g/mol. The van der Waals surface area contributed by atoms with E-state index in [4.69, 9.17) is 4.84 Å². The summed E-state index contributed by atoms with van der Waals surface area (Å²) in [4.78, 5) is 49.8. The lowest BCUT2D eigenvalue weighted by molar-refractivity contribution is -0.171. The van der Waals surface area contributed by atoms with Gasteiger partial charge in [0.2, 0.25) is 0 Å². The quantitative estimate of drug-likeness (QED) is 0.436. The van der Waals surface area contributed by atoms with E-state index in [1.54, 1.807) is 20.9 Å². The van der Waals surface area contributed by atoms with E-state index in [2.05, 4.69) is 20.9 Å². The second-order valence-corrected chi connectivity index (χ2v) is 7.67. The first-order chi connectivity index (χ1) is 12.1. The fraction of sp³-hybridized carbons (Fsp3) is 0.765. The molecule has 2 rings (SSSR count). The van der Waals surface area contributed by atoms with Gasteiger partial charge in [-0.15, -0.1) is 0 Å². The average Bonchev–Trinajstić information content (AvgIpc) is 2.84. The SMILES string of the molecule is CCON1C(Br)=N[C@]2(C)C1C(=O)N(CCCCC(C)C(C)=O)C(=O)N2C. The number of hydrogen-bond donors (Lipinski definition) is 0. The van der Waals surface area contributed by atoms with Gasteiger partial charge in [-0.2, -0.15) is 0 Å². The standard InChI is InChI=1S/C17H27BrN4O4/c1-6-26-22-13-14(24)21(10-8-7-9-11(2)12(3)23)16(25)20(5)17(13,4)19-15(22)18/h11,13H,6-10H2,1-5H3/t11?,13?,17-/m0/s1. The summed E-state index contributed by atoms with van der Waals surface area (Å²) < 4.78 is 0.400. The number of ketones is 1. The van der Waals surface area contributed by atoms with E-state index in [1.165, 1.54) is 14.9 Å². The van der Waals surface area contributed by atoms with E-state index < -0.39 is 11.7 Å². The summed E-state index contributed by atoms with van der Waals surface area (Å²) in [6, 6.07) is -1.09. The summed E-state index contributed by atoms with van der Waals surface area (Å²) in [5.74, 6) is -0.158. The van der Waals surface area contributed by atoms with Crippen LogP contribution in [0, 0.1) is 5.92 Å². The zero-order valence-corrected chi connectivity index (χ0v) is 17.6. The van der Waals surface area contributed by atoms with Crippen LogP contribution in [0.5, 0.6) is 0 Å². The van der Waals surface area contributed by atoms with Gasteiger partial charge >= 0.3 is 6.03 Å². The second-order valence-electron chi connectivity index (χ2n) is 6.96. The fourth-order valence-corrected chi connectivity index (χ4v) is 3.90. The minimum atomic E-state index is -1.01. The van der Waals surface area contributed by atoms with Crippen LogP contribution in [0.1, 0.15) is 47.0 Å². The zero-order valence-electron chi connectivity index (χ0n) is 16.0. The molecule has 2 heterocycles. The van der Waals surface area contributed by atoms with Gasteiger partial charge in [-0.1, -0.05) is 13.3 Å². The number of Topliss-reactive ketones (excluding diaryl/α,β-unsaturated/α-hetero) is 1. The van der Waals surface area contributed by atoms with Gasteiger partial charge in [-0.05, 0) is 49.5 Å². The highest BCUT2D eigenvalue weighted by atomic mass is 79.9. The Bertz CT molecular complexity index is 626. The number of imide groups is 1. The molecule has 2 unspecified atom stereocenters. The van der Waals surface area contributed by atoms with Crippen LogP contribution in [0.4, 0.5) is 4.79 Å². The maximum absolute atomic E-state index is 13.0. The van der Waals surface area contributed by atoms with Crippen LogP contribution >= 0.6 is 15.9 Å². The van der Waals surface area contributed by atoms with Crippen molar-refractivity contribution in [1.29, 1.82) is 0 Å². The lowest BCUT2D eigenvalue weighted by atomic mass is 9.97. The molecule has 0 N–H and O–H groups in total. The van der Waals surface area contributed by atoms with Crippen LogP contribution in [0.3, 0.4) is 0 Å². The highest BCUT2D eigenvalue weighted by molar-refractivity contribution is 9.18. The number of hydroxylamine groups is 2. The fourth-order valence-electron chi connectivity index (χ4n) is 3.23. The van der Waals surface area contributed by atoms with Gasteiger partial charge in [-0.25, -0.2) is 14.9 Å². The van der Waals surface area contributed by atoms with E-state index in [0.29, 0.717) is 24.3 Å². The minimum absolute atomic E-state index is 0.00126. The van der Waals surface area contributed by atoms with Gasteiger partial charge < -0.3 is 4.90 Å². The van der Waals surface area contributed by atoms with Gasteiger partial charge in [0.05, 0.1) is 6.61 Å². The van der Waals surface area contributed by atoms with Crippen LogP contribution in [-0.2, 0) is 14.4 Å². The summed E-state index contributed by atoms with van der Waals surface area (Å²) in [6.07, 6.45) is 2.18. The van der Waals surface area contributed by atoms with Gasteiger partial charge in [0.15, 0.2) is 16.4 Å². The summed E-state index contributed by atoms with van der Waals surface area (Å²) in [7, 11) is 1.64. The molecule has 0 aromatic rings. The third-order valence-electron chi connectivity index (χ3n) is 5.18. The predicted molar refractivity (Wildman–Crippen MR) is 101 cm³/mol. The van der Waals surface area contributed by atoms with Crippen molar-refractivity contribution in [3.05, 3.63) is 0 Å².